The minimum Gasteiger partial charge on any atom is -0.497 e. The highest BCUT2D eigenvalue weighted by Gasteiger charge is 2.23. The summed E-state index contributed by atoms with van der Waals surface area (Å²) in [6.45, 7) is 2.19. The fourth-order valence-corrected chi connectivity index (χ4v) is 4.14. The number of fused-ring (bicyclic) bond motifs is 1. The van der Waals surface area contributed by atoms with E-state index in [1.165, 1.54) is 0 Å². The van der Waals surface area contributed by atoms with Gasteiger partial charge in [-0.2, -0.15) is 0 Å². The van der Waals surface area contributed by atoms with Gasteiger partial charge in [-0.1, -0.05) is 17.7 Å². The summed E-state index contributed by atoms with van der Waals surface area (Å²) in [4.78, 5) is 0.518. The van der Waals surface area contributed by atoms with Crippen molar-refractivity contribution in [1.82, 2.24) is 4.57 Å². The van der Waals surface area contributed by atoms with E-state index in [0.717, 1.165) is 11.1 Å². The molecule has 0 aliphatic rings. The average molecular weight is 345 g/mol. The van der Waals surface area contributed by atoms with Crippen molar-refractivity contribution in [1.29, 1.82) is 0 Å². The largest absolute Gasteiger partial charge is 0.497 e. The Bertz CT molecular complexity index is 972. The number of hydrogen-bond donors (Lipinski definition) is 0. The molecule has 0 amide bonds. The maximum Gasteiger partial charge on any atom is 0.208 e. The molecule has 1 heterocycles. The summed E-state index contributed by atoms with van der Waals surface area (Å²) in [5.41, 5.74) is 1.79. The molecule has 5 nitrogen and oxygen atoms in total. The Labute approximate surface area is 141 Å². The number of methoxy groups -OCH3 is 2. The zero-order chi connectivity index (χ0) is 17.3. The summed E-state index contributed by atoms with van der Waals surface area (Å²) in [6.07, 6.45) is 1.61. The summed E-state index contributed by atoms with van der Waals surface area (Å²) in [6, 6.07) is 12.2. The highest BCUT2D eigenvalue weighted by atomic mass is 32.2. The molecule has 0 unspecified atom stereocenters. The summed E-state index contributed by atoms with van der Waals surface area (Å²) >= 11 is 0. The molecular weight excluding hydrogens is 326 g/mol. The number of nitrogens with zero attached hydrogens (tertiary/aromatic N) is 1. The van der Waals surface area contributed by atoms with E-state index in [2.05, 4.69) is 0 Å². The predicted octanol–water partition coefficient (Wildman–Crippen LogP) is 3.40. The second kappa shape index (κ2) is 6.30. The van der Waals surface area contributed by atoms with Crippen LogP contribution in [0.5, 0.6) is 5.75 Å². The topological polar surface area (TPSA) is 57.5 Å². The lowest BCUT2D eigenvalue weighted by atomic mass is 10.2. The third-order valence-electron chi connectivity index (χ3n) is 3.94. The molecule has 0 saturated heterocycles. The Morgan fingerprint density at radius 1 is 1.04 bits per heavy atom. The van der Waals surface area contributed by atoms with Gasteiger partial charge in [-0.3, -0.25) is 0 Å². The van der Waals surface area contributed by atoms with E-state index in [9.17, 15) is 8.42 Å². The number of ether oxygens (including phenoxy) is 2. The van der Waals surface area contributed by atoms with Gasteiger partial charge in [0.1, 0.15) is 12.5 Å². The van der Waals surface area contributed by atoms with E-state index in [1.54, 1.807) is 61.4 Å². The van der Waals surface area contributed by atoms with Gasteiger partial charge in [-0.15, -0.1) is 0 Å². The molecule has 6 heteroatoms. The Kier molecular flexibility index (Phi) is 4.34. The Hall–Kier alpha value is -2.31. The molecular formula is C18H19NO4S. The number of hydrogen-bond acceptors (Lipinski definition) is 4. The monoisotopic (exact) mass is 345 g/mol. The molecule has 1 aromatic heterocycles. The van der Waals surface area contributed by atoms with Gasteiger partial charge in [0, 0.05) is 18.7 Å². The number of aromatic nitrogens is 1. The van der Waals surface area contributed by atoms with Crippen LogP contribution in [0.2, 0.25) is 0 Å². The van der Waals surface area contributed by atoms with Gasteiger partial charge in [0.05, 0.1) is 22.4 Å². The van der Waals surface area contributed by atoms with Gasteiger partial charge in [-0.05, 0) is 37.3 Å². The zero-order valence-corrected chi connectivity index (χ0v) is 14.6. The second-order valence-electron chi connectivity index (χ2n) is 5.58. The van der Waals surface area contributed by atoms with Gasteiger partial charge in [0.25, 0.3) is 0 Å². The molecule has 2 aromatic carbocycles. The first-order chi connectivity index (χ1) is 11.5. The molecule has 3 rings (SSSR count). The summed E-state index contributed by atoms with van der Waals surface area (Å²) in [7, 11) is -0.507. The molecule has 0 radical (unpaired) electrons. The Morgan fingerprint density at radius 2 is 1.75 bits per heavy atom. The highest BCUT2D eigenvalue weighted by Crippen LogP contribution is 2.32. The van der Waals surface area contributed by atoms with Crippen LogP contribution in [-0.4, -0.2) is 27.2 Å². The van der Waals surface area contributed by atoms with Gasteiger partial charge in [-0.25, -0.2) is 8.42 Å². The van der Waals surface area contributed by atoms with Crippen molar-refractivity contribution >= 4 is 20.7 Å². The van der Waals surface area contributed by atoms with Crippen LogP contribution in [0.15, 0.2) is 58.5 Å². The molecule has 3 aromatic rings. The van der Waals surface area contributed by atoms with Crippen molar-refractivity contribution in [3.05, 3.63) is 54.2 Å². The molecule has 0 bridgehead atoms. The molecule has 0 spiro atoms. The second-order valence-corrected chi connectivity index (χ2v) is 7.50. The molecule has 0 N–H and O–H groups in total. The van der Waals surface area contributed by atoms with E-state index in [4.69, 9.17) is 9.47 Å². The molecule has 0 aliphatic carbocycles. The third kappa shape index (κ3) is 2.79. The molecule has 0 atom stereocenters. The van der Waals surface area contributed by atoms with E-state index in [-0.39, 0.29) is 16.5 Å². The quantitative estimate of drug-likeness (QED) is 0.711. The number of aryl methyl sites for hydroxylation is 1. The van der Waals surface area contributed by atoms with Crippen molar-refractivity contribution in [2.45, 2.75) is 23.4 Å². The summed E-state index contributed by atoms with van der Waals surface area (Å²) in [5, 5.41) is 0.618. The molecule has 0 fully saturated rings. The zero-order valence-electron chi connectivity index (χ0n) is 13.8. The van der Waals surface area contributed by atoms with Crippen molar-refractivity contribution in [2.24, 2.45) is 0 Å². The molecule has 0 aliphatic heterocycles. The number of sulfone groups is 1. The first-order valence-electron chi connectivity index (χ1n) is 7.45. The first-order valence-corrected chi connectivity index (χ1v) is 8.93. The lowest BCUT2D eigenvalue weighted by Crippen LogP contribution is -2.02. The normalized spacial score (nSPS) is 11.8. The summed E-state index contributed by atoms with van der Waals surface area (Å²) in [5.74, 6) is 0.609. The van der Waals surface area contributed by atoms with E-state index >= 15 is 0 Å². The van der Waals surface area contributed by atoms with Crippen LogP contribution in [0.25, 0.3) is 10.9 Å². The fraction of sp³-hybridized carbons (Fsp3) is 0.222. The average Bonchev–Trinajstić information content (AvgIpc) is 2.94. The van der Waals surface area contributed by atoms with E-state index in [0.29, 0.717) is 11.1 Å². The smallest absolute Gasteiger partial charge is 0.208 e. The maximum absolute atomic E-state index is 13.1. The lowest BCUT2D eigenvalue weighted by Gasteiger charge is -2.05. The van der Waals surface area contributed by atoms with E-state index < -0.39 is 9.84 Å². The minimum atomic E-state index is -3.64. The van der Waals surface area contributed by atoms with Crippen LogP contribution < -0.4 is 4.74 Å². The highest BCUT2D eigenvalue weighted by molar-refractivity contribution is 7.91. The number of rotatable bonds is 5. The lowest BCUT2D eigenvalue weighted by molar-refractivity contribution is 0.134. The van der Waals surface area contributed by atoms with Crippen LogP contribution in [-0.2, 0) is 21.3 Å². The standard InChI is InChI=1S/C18H19NO4S/c1-13-4-7-15(8-5-13)24(20,21)18-11-19(12-22-2)17-9-6-14(23-3)10-16(17)18/h4-11H,12H2,1-3H3. The van der Waals surface area contributed by atoms with Gasteiger partial charge in [0.2, 0.25) is 9.84 Å². The van der Waals surface area contributed by atoms with Crippen molar-refractivity contribution in [2.75, 3.05) is 14.2 Å². The SMILES string of the molecule is COCn1cc(S(=O)(=O)c2ccc(C)cc2)c2cc(OC)ccc21. The molecule has 24 heavy (non-hydrogen) atoms. The van der Waals surface area contributed by atoms with Crippen molar-refractivity contribution < 1.29 is 17.9 Å². The fourth-order valence-electron chi connectivity index (χ4n) is 2.67. The van der Waals surface area contributed by atoms with Crippen LogP contribution in [0, 0.1) is 6.92 Å². The van der Waals surface area contributed by atoms with Crippen LogP contribution in [0.4, 0.5) is 0 Å². The predicted molar refractivity (Wildman–Crippen MR) is 92.1 cm³/mol. The molecule has 0 saturated carbocycles. The van der Waals surface area contributed by atoms with Crippen molar-refractivity contribution in [3.8, 4) is 5.75 Å². The minimum absolute atomic E-state index is 0.248. The van der Waals surface area contributed by atoms with Crippen LogP contribution in [0.1, 0.15) is 5.56 Å². The third-order valence-corrected chi connectivity index (χ3v) is 5.74. The van der Waals surface area contributed by atoms with Crippen LogP contribution >= 0.6 is 0 Å². The Balaban J connectivity index is 2.25. The van der Waals surface area contributed by atoms with Crippen LogP contribution in [0.3, 0.4) is 0 Å². The van der Waals surface area contributed by atoms with Gasteiger partial charge < -0.3 is 14.0 Å². The van der Waals surface area contributed by atoms with Gasteiger partial charge >= 0.3 is 0 Å². The first kappa shape index (κ1) is 16.5. The van der Waals surface area contributed by atoms with Gasteiger partial charge in [0.15, 0.2) is 0 Å². The Morgan fingerprint density at radius 3 is 2.38 bits per heavy atom. The van der Waals surface area contributed by atoms with E-state index in [1.807, 2.05) is 13.0 Å². The summed E-state index contributed by atoms with van der Waals surface area (Å²) < 4.78 is 38.4. The molecule has 126 valence electrons. The maximum atomic E-state index is 13.1. The number of benzene rings is 2. The van der Waals surface area contributed by atoms with Crippen molar-refractivity contribution in [3.63, 3.8) is 0 Å².